The van der Waals surface area contributed by atoms with Gasteiger partial charge >= 0.3 is 0 Å². The molecule has 0 spiro atoms. The highest BCUT2D eigenvalue weighted by Crippen LogP contribution is 2.35. The first-order valence-electron chi connectivity index (χ1n) is 8.92. The average Bonchev–Trinajstić information content (AvgIpc) is 2.74. The Hall–Kier alpha value is -3.65. The van der Waals surface area contributed by atoms with E-state index >= 15 is 0 Å². The van der Waals surface area contributed by atoms with Crippen LogP contribution in [0.1, 0.15) is 0 Å². The van der Waals surface area contributed by atoms with E-state index in [1.165, 1.54) is 0 Å². The summed E-state index contributed by atoms with van der Waals surface area (Å²) in [6, 6.07) is 31.7. The Balaban J connectivity index is 1.91. The van der Waals surface area contributed by atoms with Crippen LogP contribution in [0.15, 0.2) is 106 Å². The van der Waals surface area contributed by atoms with Gasteiger partial charge in [-0.15, -0.1) is 0 Å². The fourth-order valence-electron chi connectivity index (χ4n) is 3.56. The van der Waals surface area contributed by atoms with Crippen molar-refractivity contribution in [2.24, 2.45) is 0 Å². The zero-order valence-corrected chi connectivity index (χ0v) is 14.6. The number of para-hydroxylation sites is 1. The predicted molar refractivity (Wildman–Crippen MR) is 111 cm³/mol. The summed E-state index contributed by atoms with van der Waals surface area (Å²) in [6.45, 7) is 0. The van der Waals surface area contributed by atoms with Crippen molar-refractivity contribution in [3.05, 3.63) is 107 Å². The van der Waals surface area contributed by atoms with Gasteiger partial charge in [0, 0.05) is 0 Å². The van der Waals surface area contributed by atoms with Crippen molar-refractivity contribution in [2.75, 3.05) is 0 Å². The molecule has 0 radical (unpaired) electrons. The molecule has 0 aliphatic rings. The summed E-state index contributed by atoms with van der Waals surface area (Å²) < 4.78 is 6.08. The molecular weight excluding hydrogens is 332 g/mol. The molecule has 0 saturated heterocycles. The number of hydrogen-bond donors (Lipinski definition) is 0. The molecule has 0 amide bonds. The lowest BCUT2D eigenvalue weighted by Gasteiger charge is -2.12. The molecule has 0 atom stereocenters. The van der Waals surface area contributed by atoms with E-state index < -0.39 is 0 Å². The van der Waals surface area contributed by atoms with E-state index in [1.807, 2.05) is 72.8 Å². The maximum absolute atomic E-state index is 13.1. The summed E-state index contributed by atoms with van der Waals surface area (Å²) >= 11 is 0. The first-order valence-corrected chi connectivity index (χ1v) is 8.92. The van der Waals surface area contributed by atoms with Crippen molar-refractivity contribution in [3.8, 4) is 22.3 Å². The molecule has 0 unspecified atom stereocenters. The van der Waals surface area contributed by atoms with Crippen LogP contribution in [0.5, 0.6) is 0 Å². The third kappa shape index (κ3) is 2.63. The van der Waals surface area contributed by atoms with E-state index in [2.05, 4.69) is 24.3 Å². The van der Waals surface area contributed by atoms with Crippen molar-refractivity contribution >= 4 is 21.9 Å². The van der Waals surface area contributed by atoms with Crippen molar-refractivity contribution in [3.63, 3.8) is 0 Å². The first kappa shape index (κ1) is 15.6. The summed E-state index contributed by atoms with van der Waals surface area (Å²) in [5, 5.41) is 1.21. The molecule has 5 rings (SSSR count). The molecule has 0 bridgehead atoms. The molecule has 0 fully saturated rings. The van der Waals surface area contributed by atoms with Gasteiger partial charge in [-0.25, -0.2) is 0 Å². The van der Waals surface area contributed by atoms with Crippen LogP contribution in [0.4, 0.5) is 0 Å². The fourth-order valence-corrected chi connectivity index (χ4v) is 3.56. The first-order chi connectivity index (χ1) is 13.3. The van der Waals surface area contributed by atoms with Gasteiger partial charge in [0.1, 0.15) is 11.2 Å². The predicted octanol–water partition coefficient (Wildman–Crippen LogP) is 6.28. The second kappa shape index (κ2) is 6.26. The van der Waals surface area contributed by atoms with Crippen LogP contribution in [0.2, 0.25) is 0 Å². The zero-order valence-electron chi connectivity index (χ0n) is 14.6. The fraction of sp³-hybridized carbons (Fsp3) is 0. The molecular formula is C25H16O2. The molecule has 2 heteroatoms. The van der Waals surface area contributed by atoms with Crippen LogP contribution in [-0.4, -0.2) is 0 Å². The third-order valence-corrected chi connectivity index (χ3v) is 4.89. The summed E-state index contributed by atoms with van der Waals surface area (Å²) in [6.07, 6.45) is 0. The van der Waals surface area contributed by atoms with Gasteiger partial charge in [-0.1, -0.05) is 72.8 Å². The molecule has 0 saturated carbocycles. The van der Waals surface area contributed by atoms with Gasteiger partial charge in [0.25, 0.3) is 0 Å². The summed E-state index contributed by atoms with van der Waals surface area (Å²) in [5.41, 5.74) is 5.46. The third-order valence-electron chi connectivity index (χ3n) is 4.89. The van der Waals surface area contributed by atoms with Gasteiger partial charge in [-0.2, -0.15) is 0 Å². The van der Waals surface area contributed by atoms with Crippen LogP contribution in [0, 0.1) is 0 Å². The summed E-state index contributed by atoms with van der Waals surface area (Å²) in [4.78, 5) is 13.1. The van der Waals surface area contributed by atoms with E-state index in [1.54, 1.807) is 0 Å². The Bertz CT molecular complexity index is 1320. The Kier molecular flexibility index (Phi) is 3.61. The van der Waals surface area contributed by atoms with Gasteiger partial charge in [-0.3, -0.25) is 4.79 Å². The molecule has 0 N–H and O–H groups in total. The lowest BCUT2D eigenvalue weighted by molar-refractivity contribution is 0.660. The van der Waals surface area contributed by atoms with E-state index in [-0.39, 0.29) is 5.43 Å². The van der Waals surface area contributed by atoms with Crippen LogP contribution >= 0.6 is 0 Å². The molecule has 1 aromatic heterocycles. The Morgan fingerprint density at radius 2 is 1.07 bits per heavy atom. The molecule has 0 aliphatic heterocycles. The minimum atomic E-state index is 0.00337. The highest BCUT2D eigenvalue weighted by atomic mass is 16.3. The van der Waals surface area contributed by atoms with Gasteiger partial charge < -0.3 is 4.42 Å². The zero-order chi connectivity index (χ0) is 18.2. The standard InChI is InChI=1S/C25H16O2/c26-25-19-13-7-8-14-23(19)27-24-16-21(18-11-5-2-6-12-18)20(15-22(24)25)17-9-3-1-4-10-17/h1-16H. The number of hydrogen-bond acceptors (Lipinski definition) is 2. The van der Waals surface area contributed by atoms with Gasteiger partial charge in [0.2, 0.25) is 5.43 Å². The molecule has 5 aromatic rings. The van der Waals surface area contributed by atoms with Gasteiger partial charge in [0.05, 0.1) is 10.8 Å². The maximum Gasteiger partial charge on any atom is 0.200 e. The SMILES string of the molecule is O=c1c2ccccc2oc2cc(-c3ccccc3)c(-c3ccccc3)cc12. The highest BCUT2D eigenvalue weighted by Gasteiger charge is 2.14. The smallest absolute Gasteiger partial charge is 0.200 e. The van der Waals surface area contributed by atoms with Crippen LogP contribution in [-0.2, 0) is 0 Å². The number of rotatable bonds is 2. The molecule has 4 aromatic carbocycles. The average molecular weight is 348 g/mol. The Morgan fingerprint density at radius 1 is 0.519 bits per heavy atom. The highest BCUT2D eigenvalue weighted by molar-refractivity contribution is 5.97. The molecule has 1 heterocycles. The quantitative estimate of drug-likeness (QED) is 0.351. The van der Waals surface area contributed by atoms with Crippen LogP contribution < -0.4 is 5.43 Å². The largest absolute Gasteiger partial charge is 0.456 e. The van der Waals surface area contributed by atoms with Crippen molar-refractivity contribution < 1.29 is 4.42 Å². The number of benzene rings is 4. The van der Waals surface area contributed by atoms with Crippen LogP contribution in [0.3, 0.4) is 0 Å². The number of fused-ring (bicyclic) bond motifs is 2. The van der Waals surface area contributed by atoms with E-state index in [0.29, 0.717) is 21.9 Å². The lowest BCUT2D eigenvalue weighted by Crippen LogP contribution is -2.02. The molecule has 0 aliphatic carbocycles. The topological polar surface area (TPSA) is 30.2 Å². The Labute approximate surface area is 156 Å². The minimum absolute atomic E-state index is 0.00337. The second-order valence-corrected chi connectivity index (χ2v) is 6.55. The van der Waals surface area contributed by atoms with Crippen molar-refractivity contribution in [1.82, 2.24) is 0 Å². The Morgan fingerprint density at radius 3 is 1.74 bits per heavy atom. The summed E-state index contributed by atoms with van der Waals surface area (Å²) in [7, 11) is 0. The van der Waals surface area contributed by atoms with E-state index in [0.717, 1.165) is 22.3 Å². The van der Waals surface area contributed by atoms with E-state index in [9.17, 15) is 4.79 Å². The molecule has 27 heavy (non-hydrogen) atoms. The van der Waals surface area contributed by atoms with Crippen molar-refractivity contribution in [2.45, 2.75) is 0 Å². The van der Waals surface area contributed by atoms with Crippen LogP contribution in [0.25, 0.3) is 44.2 Å². The summed E-state index contributed by atoms with van der Waals surface area (Å²) in [5.74, 6) is 0. The monoisotopic (exact) mass is 348 g/mol. The molecule has 128 valence electrons. The molecule has 2 nitrogen and oxygen atoms in total. The minimum Gasteiger partial charge on any atom is -0.456 e. The van der Waals surface area contributed by atoms with Crippen molar-refractivity contribution in [1.29, 1.82) is 0 Å². The van der Waals surface area contributed by atoms with E-state index in [4.69, 9.17) is 4.42 Å². The normalized spacial score (nSPS) is 11.1. The second-order valence-electron chi connectivity index (χ2n) is 6.55. The lowest BCUT2D eigenvalue weighted by atomic mass is 9.93. The van der Waals surface area contributed by atoms with Gasteiger partial charge in [-0.05, 0) is 46.5 Å². The van der Waals surface area contributed by atoms with Gasteiger partial charge in [0.15, 0.2) is 0 Å². The maximum atomic E-state index is 13.1.